The third-order valence-electron chi connectivity index (χ3n) is 7.72. The first-order valence-corrected chi connectivity index (χ1v) is 13.6. The van der Waals surface area contributed by atoms with Crippen LogP contribution in [0.5, 0.6) is 0 Å². The van der Waals surface area contributed by atoms with Crippen LogP contribution in [0.2, 0.25) is 5.02 Å². The molecule has 0 unspecified atom stereocenters. The number of carbonyl (C=O) groups excluding carboxylic acids is 1. The number of likely N-dealkylation sites (tertiary alicyclic amines) is 1. The van der Waals surface area contributed by atoms with Crippen LogP contribution in [0.3, 0.4) is 0 Å². The predicted molar refractivity (Wildman–Crippen MR) is 147 cm³/mol. The number of nitrogens with zero attached hydrogens (tertiary/aromatic N) is 4. The third kappa shape index (κ3) is 5.50. The first kappa shape index (κ1) is 25.7. The van der Waals surface area contributed by atoms with Crippen molar-refractivity contribution in [3.05, 3.63) is 63.2 Å². The lowest BCUT2D eigenvalue weighted by atomic mass is 9.84. The molecule has 2 aromatic heterocycles. The van der Waals surface area contributed by atoms with E-state index in [1.807, 2.05) is 13.0 Å². The Morgan fingerprint density at radius 1 is 1.16 bits per heavy atom. The number of aryl methyl sites for hydroxylation is 3. The zero-order valence-corrected chi connectivity index (χ0v) is 22.9. The van der Waals surface area contributed by atoms with Gasteiger partial charge in [0.2, 0.25) is 5.91 Å². The van der Waals surface area contributed by atoms with Crippen LogP contribution in [-0.2, 0) is 11.2 Å². The van der Waals surface area contributed by atoms with Crippen LogP contribution in [0, 0.1) is 20.8 Å². The van der Waals surface area contributed by atoms with Crippen LogP contribution in [0.1, 0.15) is 72.3 Å². The minimum atomic E-state index is -0.272. The van der Waals surface area contributed by atoms with Gasteiger partial charge in [-0.3, -0.25) is 9.89 Å². The summed E-state index contributed by atoms with van der Waals surface area (Å²) in [7, 11) is 0. The van der Waals surface area contributed by atoms with E-state index in [9.17, 15) is 4.79 Å². The summed E-state index contributed by atoms with van der Waals surface area (Å²) in [6, 6.07) is 6.50. The molecule has 8 nitrogen and oxygen atoms in total. The lowest BCUT2D eigenvalue weighted by molar-refractivity contribution is -0.135. The van der Waals surface area contributed by atoms with E-state index < -0.39 is 0 Å². The van der Waals surface area contributed by atoms with Gasteiger partial charge in [-0.15, -0.1) is 0 Å². The van der Waals surface area contributed by atoms with Crippen molar-refractivity contribution in [2.75, 3.05) is 25.0 Å². The Hall–Kier alpha value is -2.97. The molecule has 3 aromatic rings. The van der Waals surface area contributed by atoms with Crippen LogP contribution >= 0.6 is 11.6 Å². The largest absolute Gasteiger partial charge is 0.341 e. The number of benzene rings is 1. The van der Waals surface area contributed by atoms with E-state index in [0.717, 1.165) is 51.0 Å². The van der Waals surface area contributed by atoms with Crippen molar-refractivity contribution in [3.8, 4) is 0 Å². The zero-order valence-electron chi connectivity index (χ0n) is 22.1. The summed E-state index contributed by atoms with van der Waals surface area (Å²) in [5.41, 5.74) is 5.81. The number of aromatic nitrogens is 4. The van der Waals surface area contributed by atoms with Gasteiger partial charge in [0, 0.05) is 31.3 Å². The number of amides is 1. The molecule has 37 heavy (non-hydrogen) atoms. The second-order valence-corrected chi connectivity index (χ2v) is 10.9. The lowest BCUT2D eigenvalue weighted by Crippen LogP contribution is -2.50. The molecular weight excluding hydrogens is 486 g/mol. The summed E-state index contributed by atoms with van der Waals surface area (Å²) in [5, 5.41) is 14.2. The molecule has 0 radical (unpaired) electrons. The maximum Gasteiger partial charge on any atom is 0.242 e. The quantitative estimate of drug-likeness (QED) is 0.387. The Morgan fingerprint density at radius 3 is 2.57 bits per heavy atom. The van der Waals surface area contributed by atoms with Crippen LogP contribution in [0.15, 0.2) is 24.4 Å². The third-order valence-corrected chi connectivity index (χ3v) is 7.99. The molecule has 1 aliphatic carbocycles. The Morgan fingerprint density at radius 2 is 1.92 bits per heavy atom. The van der Waals surface area contributed by atoms with Gasteiger partial charge in [-0.25, -0.2) is 9.97 Å². The molecule has 196 valence electrons. The minimum absolute atomic E-state index is 0.272. The SMILES string of the molecule is CCNC1(C(=O)N2CCC(c3cc(C)c(Cc4ncc(Cl)c(Nc5cc(C)[nH]n5)n4)cc3C)CC2)CC1. The molecule has 1 aliphatic heterocycles. The summed E-state index contributed by atoms with van der Waals surface area (Å²) in [4.78, 5) is 24.3. The highest BCUT2D eigenvalue weighted by Gasteiger charge is 2.51. The molecule has 3 N–H and O–H groups in total. The summed E-state index contributed by atoms with van der Waals surface area (Å²) in [6.45, 7) is 10.9. The van der Waals surface area contributed by atoms with Gasteiger partial charge in [0.25, 0.3) is 0 Å². The van der Waals surface area contributed by atoms with Gasteiger partial charge in [0.05, 0.1) is 11.7 Å². The molecule has 9 heteroatoms. The molecule has 0 bridgehead atoms. The fraction of sp³-hybridized carbons (Fsp3) is 0.500. The number of aromatic amines is 1. The molecule has 5 rings (SSSR count). The highest BCUT2D eigenvalue weighted by molar-refractivity contribution is 6.32. The Bertz CT molecular complexity index is 1290. The topological polar surface area (TPSA) is 98.8 Å². The van der Waals surface area contributed by atoms with Gasteiger partial charge >= 0.3 is 0 Å². The van der Waals surface area contributed by atoms with Gasteiger partial charge in [0.15, 0.2) is 11.6 Å². The number of halogens is 1. The molecule has 2 aliphatic rings. The van der Waals surface area contributed by atoms with E-state index in [-0.39, 0.29) is 5.54 Å². The van der Waals surface area contributed by atoms with Crippen molar-refractivity contribution >= 4 is 29.1 Å². The van der Waals surface area contributed by atoms with Crippen LogP contribution in [-0.4, -0.2) is 56.1 Å². The van der Waals surface area contributed by atoms with Crippen molar-refractivity contribution in [3.63, 3.8) is 0 Å². The Kier molecular flexibility index (Phi) is 7.23. The summed E-state index contributed by atoms with van der Waals surface area (Å²) >= 11 is 6.34. The van der Waals surface area contributed by atoms with Gasteiger partial charge in [0.1, 0.15) is 10.8 Å². The number of rotatable bonds is 8. The van der Waals surface area contributed by atoms with E-state index in [1.165, 1.54) is 22.3 Å². The van der Waals surface area contributed by atoms with Crippen molar-refractivity contribution in [2.24, 2.45) is 0 Å². The number of carbonyl (C=O) groups is 1. The number of likely N-dealkylation sites (N-methyl/N-ethyl adjacent to an activating group) is 1. The molecule has 0 atom stereocenters. The van der Waals surface area contributed by atoms with Crippen LogP contribution in [0.4, 0.5) is 11.6 Å². The van der Waals surface area contributed by atoms with E-state index in [4.69, 9.17) is 11.6 Å². The summed E-state index contributed by atoms with van der Waals surface area (Å²) in [5.74, 6) is 2.70. The van der Waals surface area contributed by atoms with Gasteiger partial charge in [-0.05, 0) is 81.2 Å². The van der Waals surface area contributed by atoms with Crippen LogP contribution in [0.25, 0.3) is 0 Å². The van der Waals surface area contributed by atoms with Crippen molar-refractivity contribution in [1.82, 2.24) is 30.4 Å². The van der Waals surface area contributed by atoms with Gasteiger partial charge < -0.3 is 15.5 Å². The average molecular weight is 522 g/mol. The number of hydrogen-bond acceptors (Lipinski definition) is 6. The number of anilines is 2. The van der Waals surface area contributed by atoms with Crippen LogP contribution < -0.4 is 10.6 Å². The van der Waals surface area contributed by atoms with E-state index >= 15 is 0 Å². The first-order chi connectivity index (χ1) is 17.8. The smallest absolute Gasteiger partial charge is 0.242 e. The Labute approximate surface area is 223 Å². The molecule has 2 fully saturated rings. The van der Waals surface area contributed by atoms with E-state index in [1.54, 1.807) is 6.20 Å². The van der Waals surface area contributed by atoms with Crippen molar-refractivity contribution < 1.29 is 4.79 Å². The second kappa shape index (κ2) is 10.4. The second-order valence-electron chi connectivity index (χ2n) is 10.5. The van der Waals surface area contributed by atoms with E-state index in [2.05, 4.69) is 68.6 Å². The monoisotopic (exact) mass is 521 g/mol. The predicted octanol–water partition coefficient (Wildman–Crippen LogP) is 4.96. The standard InChI is InChI=1S/C28H36ClN7O/c1-5-31-28(8-9-28)27(37)36-10-6-20(7-11-36)22-13-17(2)21(12-18(22)3)15-24-30-16-23(29)26(32-24)33-25-14-19(4)34-35-25/h12-14,16,20,31H,5-11,15H2,1-4H3,(H2,30,32,33,34,35). The maximum absolute atomic E-state index is 13.0. The Balaban J connectivity index is 1.26. The molecule has 1 saturated heterocycles. The molecular formula is C28H36ClN7O. The molecule has 3 heterocycles. The van der Waals surface area contributed by atoms with Gasteiger partial charge in [-0.1, -0.05) is 30.7 Å². The maximum atomic E-state index is 13.0. The number of piperidine rings is 1. The molecule has 1 aromatic carbocycles. The molecule has 1 saturated carbocycles. The minimum Gasteiger partial charge on any atom is -0.341 e. The highest BCUT2D eigenvalue weighted by atomic mass is 35.5. The fourth-order valence-electron chi connectivity index (χ4n) is 5.50. The van der Waals surface area contributed by atoms with Gasteiger partial charge in [-0.2, -0.15) is 5.10 Å². The average Bonchev–Trinajstić information content (AvgIpc) is 3.56. The number of nitrogens with one attached hydrogen (secondary N) is 3. The summed E-state index contributed by atoms with van der Waals surface area (Å²) in [6.07, 6.45) is 6.22. The van der Waals surface area contributed by atoms with E-state index in [0.29, 0.717) is 40.7 Å². The van der Waals surface area contributed by atoms with Crippen molar-refractivity contribution in [1.29, 1.82) is 0 Å². The zero-order chi connectivity index (χ0) is 26.2. The number of hydrogen-bond donors (Lipinski definition) is 3. The fourth-order valence-corrected chi connectivity index (χ4v) is 5.64. The van der Waals surface area contributed by atoms with Crippen molar-refractivity contribution in [2.45, 2.75) is 71.3 Å². The molecule has 1 amide bonds. The number of H-pyrrole nitrogens is 1. The lowest BCUT2D eigenvalue weighted by Gasteiger charge is -2.35. The molecule has 0 spiro atoms. The normalized spacial score (nSPS) is 17.2. The first-order valence-electron chi connectivity index (χ1n) is 13.2. The summed E-state index contributed by atoms with van der Waals surface area (Å²) < 4.78 is 0. The highest BCUT2D eigenvalue weighted by Crippen LogP contribution is 2.39.